The number of hydrogen-bond donors (Lipinski definition) is 1. The topological polar surface area (TPSA) is 86.8 Å². The highest BCUT2D eigenvalue weighted by Crippen LogP contribution is 2.27. The summed E-state index contributed by atoms with van der Waals surface area (Å²) in [6.07, 6.45) is 0.376. The van der Waals surface area contributed by atoms with Crippen molar-refractivity contribution in [2.75, 3.05) is 17.9 Å². The molecule has 3 aromatic carbocycles. The third-order valence-corrected chi connectivity index (χ3v) is 7.82. The highest BCUT2D eigenvalue weighted by molar-refractivity contribution is 9.10. The van der Waals surface area contributed by atoms with Crippen molar-refractivity contribution in [1.82, 2.24) is 10.2 Å². The highest BCUT2D eigenvalue weighted by atomic mass is 79.9. The molecular formula is C26H28BrN3O4S. The quantitative estimate of drug-likeness (QED) is 0.404. The molecule has 9 heteroatoms. The van der Waals surface area contributed by atoms with Crippen LogP contribution in [0.1, 0.15) is 18.9 Å². The molecule has 0 radical (unpaired) electrons. The van der Waals surface area contributed by atoms with E-state index in [9.17, 15) is 18.0 Å². The fraction of sp³-hybridized carbons (Fsp3) is 0.231. The molecule has 0 saturated carbocycles. The third kappa shape index (κ3) is 6.49. The molecule has 0 saturated heterocycles. The van der Waals surface area contributed by atoms with E-state index < -0.39 is 28.5 Å². The number of nitrogens with one attached hydrogen (secondary N) is 1. The number of carbonyl (C=O) groups excluding carboxylic acids is 2. The first kappa shape index (κ1) is 26.4. The Morgan fingerprint density at radius 2 is 1.57 bits per heavy atom. The summed E-state index contributed by atoms with van der Waals surface area (Å²) >= 11 is 3.39. The highest BCUT2D eigenvalue weighted by Gasteiger charge is 2.33. The molecule has 0 heterocycles. The van der Waals surface area contributed by atoms with Crippen LogP contribution >= 0.6 is 15.9 Å². The Kier molecular flexibility index (Phi) is 9.06. The zero-order valence-electron chi connectivity index (χ0n) is 19.6. The van der Waals surface area contributed by atoms with Crippen molar-refractivity contribution in [3.63, 3.8) is 0 Å². The van der Waals surface area contributed by atoms with E-state index in [4.69, 9.17) is 0 Å². The molecule has 35 heavy (non-hydrogen) atoms. The Balaban J connectivity index is 2.04. The van der Waals surface area contributed by atoms with Crippen molar-refractivity contribution < 1.29 is 18.0 Å². The van der Waals surface area contributed by atoms with Gasteiger partial charge in [-0.3, -0.25) is 13.9 Å². The third-order valence-electron chi connectivity index (χ3n) is 5.53. The zero-order valence-corrected chi connectivity index (χ0v) is 22.0. The monoisotopic (exact) mass is 557 g/mol. The Hall–Kier alpha value is -3.17. The lowest BCUT2D eigenvalue weighted by molar-refractivity contribution is -0.140. The van der Waals surface area contributed by atoms with Gasteiger partial charge in [0.25, 0.3) is 10.0 Å². The fourth-order valence-corrected chi connectivity index (χ4v) is 5.56. The van der Waals surface area contributed by atoms with E-state index in [0.29, 0.717) is 16.6 Å². The second kappa shape index (κ2) is 12.0. The molecule has 0 bridgehead atoms. The Bertz CT molecular complexity index is 1250. The fourth-order valence-electron chi connectivity index (χ4n) is 3.75. The largest absolute Gasteiger partial charge is 0.357 e. The van der Waals surface area contributed by atoms with Crippen molar-refractivity contribution in [3.8, 4) is 0 Å². The van der Waals surface area contributed by atoms with E-state index in [0.717, 1.165) is 9.87 Å². The number of halogens is 1. The van der Waals surface area contributed by atoms with E-state index in [-0.39, 0.29) is 17.3 Å². The molecular weight excluding hydrogens is 530 g/mol. The first-order valence-corrected chi connectivity index (χ1v) is 13.4. The lowest BCUT2D eigenvalue weighted by Crippen LogP contribution is -2.51. The van der Waals surface area contributed by atoms with E-state index >= 15 is 0 Å². The lowest BCUT2D eigenvalue weighted by atomic mass is 10.1. The van der Waals surface area contributed by atoms with Gasteiger partial charge in [0.1, 0.15) is 12.6 Å². The average Bonchev–Trinajstić information content (AvgIpc) is 2.87. The molecule has 1 N–H and O–H groups in total. The van der Waals surface area contributed by atoms with Gasteiger partial charge in [-0.1, -0.05) is 77.5 Å². The van der Waals surface area contributed by atoms with Gasteiger partial charge in [0, 0.05) is 18.1 Å². The van der Waals surface area contributed by atoms with Gasteiger partial charge in [-0.05, 0) is 42.3 Å². The first-order chi connectivity index (χ1) is 16.8. The summed E-state index contributed by atoms with van der Waals surface area (Å²) in [6, 6.07) is 23.3. The van der Waals surface area contributed by atoms with Crippen LogP contribution in [0, 0.1) is 0 Å². The van der Waals surface area contributed by atoms with Crippen LogP contribution < -0.4 is 9.62 Å². The van der Waals surface area contributed by atoms with E-state index in [1.54, 1.807) is 42.5 Å². The second-order valence-corrected chi connectivity index (χ2v) is 10.6. The summed E-state index contributed by atoms with van der Waals surface area (Å²) in [5, 5.41) is 2.61. The molecule has 1 atom stereocenters. The number of benzene rings is 3. The van der Waals surface area contributed by atoms with E-state index in [1.807, 2.05) is 37.3 Å². The van der Waals surface area contributed by atoms with Gasteiger partial charge >= 0.3 is 0 Å². The molecule has 184 valence electrons. The smallest absolute Gasteiger partial charge is 0.264 e. The van der Waals surface area contributed by atoms with Crippen LogP contribution in [-0.4, -0.2) is 44.8 Å². The predicted molar refractivity (Wildman–Crippen MR) is 140 cm³/mol. The van der Waals surface area contributed by atoms with Gasteiger partial charge < -0.3 is 10.2 Å². The molecule has 2 amide bonds. The minimum Gasteiger partial charge on any atom is -0.357 e. The van der Waals surface area contributed by atoms with Crippen molar-refractivity contribution in [3.05, 3.63) is 95.0 Å². The summed E-state index contributed by atoms with van der Waals surface area (Å²) in [6.45, 7) is 1.52. The molecule has 0 aliphatic carbocycles. The van der Waals surface area contributed by atoms with Crippen molar-refractivity contribution in [1.29, 1.82) is 0 Å². The number of sulfonamides is 1. The van der Waals surface area contributed by atoms with E-state index in [2.05, 4.69) is 21.2 Å². The maximum Gasteiger partial charge on any atom is 0.264 e. The van der Waals surface area contributed by atoms with Gasteiger partial charge in [-0.2, -0.15) is 0 Å². The van der Waals surface area contributed by atoms with Crippen molar-refractivity contribution in [2.45, 2.75) is 30.8 Å². The number of amides is 2. The molecule has 3 aromatic rings. The van der Waals surface area contributed by atoms with Crippen LogP contribution in [0.2, 0.25) is 0 Å². The summed E-state index contributed by atoms with van der Waals surface area (Å²) < 4.78 is 29.1. The summed E-state index contributed by atoms with van der Waals surface area (Å²) in [7, 11) is -2.55. The maximum absolute atomic E-state index is 13.7. The van der Waals surface area contributed by atoms with Gasteiger partial charge in [0.2, 0.25) is 11.8 Å². The van der Waals surface area contributed by atoms with Crippen LogP contribution in [-0.2, 0) is 26.2 Å². The van der Waals surface area contributed by atoms with Gasteiger partial charge in [0.05, 0.1) is 10.6 Å². The minimum atomic E-state index is -4.07. The molecule has 7 nitrogen and oxygen atoms in total. The zero-order chi connectivity index (χ0) is 25.4. The predicted octanol–water partition coefficient (Wildman–Crippen LogP) is 4.20. The molecule has 0 aliphatic heterocycles. The number of hydrogen-bond acceptors (Lipinski definition) is 4. The van der Waals surface area contributed by atoms with Crippen molar-refractivity contribution >= 4 is 43.5 Å². The van der Waals surface area contributed by atoms with Crippen LogP contribution in [0.4, 0.5) is 5.69 Å². The molecule has 0 spiro atoms. The Morgan fingerprint density at radius 3 is 2.14 bits per heavy atom. The molecule has 0 aromatic heterocycles. The van der Waals surface area contributed by atoms with Crippen LogP contribution in [0.5, 0.6) is 0 Å². The van der Waals surface area contributed by atoms with Crippen LogP contribution in [0.25, 0.3) is 0 Å². The SMILES string of the molecule is CCC(C(=O)NC)N(Cc1ccccc1)C(=O)CN(c1cccc(Br)c1)S(=O)(=O)c1ccccc1. The summed E-state index contributed by atoms with van der Waals surface area (Å²) in [5.41, 5.74) is 1.17. The lowest BCUT2D eigenvalue weighted by Gasteiger charge is -2.33. The summed E-state index contributed by atoms with van der Waals surface area (Å²) in [4.78, 5) is 27.9. The van der Waals surface area contributed by atoms with Crippen LogP contribution in [0.15, 0.2) is 94.3 Å². The van der Waals surface area contributed by atoms with Gasteiger partial charge in [0.15, 0.2) is 0 Å². The first-order valence-electron chi connectivity index (χ1n) is 11.2. The Morgan fingerprint density at radius 1 is 0.943 bits per heavy atom. The normalized spacial score (nSPS) is 12.0. The van der Waals surface area contributed by atoms with Crippen molar-refractivity contribution in [2.24, 2.45) is 0 Å². The standard InChI is InChI=1S/C26H28BrN3O4S/c1-3-24(26(32)28-2)29(18-20-11-6-4-7-12-20)25(31)19-30(22-14-10-13-21(27)17-22)35(33,34)23-15-8-5-9-16-23/h4-17,24H,3,18-19H2,1-2H3,(H,28,32). The minimum absolute atomic E-state index is 0.0701. The average molecular weight is 558 g/mol. The van der Waals surface area contributed by atoms with Gasteiger partial charge in [-0.15, -0.1) is 0 Å². The molecule has 0 aliphatic rings. The molecule has 0 fully saturated rings. The number of carbonyl (C=O) groups is 2. The molecule has 3 rings (SSSR count). The number of likely N-dealkylation sites (N-methyl/N-ethyl adjacent to an activating group) is 1. The van der Waals surface area contributed by atoms with Crippen LogP contribution in [0.3, 0.4) is 0 Å². The number of anilines is 1. The Labute approximate surface area is 214 Å². The number of nitrogens with zero attached hydrogens (tertiary/aromatic N) is 2. The summed E-state index contributed by atoms with van der Waals surface area (Å²) in [5.74, 6) is -0.791. The van der Waals surface area contributed by atoms with E-state index in [1.165, 1.54) is 24.1 Å². The number of rotatable bonds is 10. The second-order valence-electron chi connectivity index (χ2n) is 7.85. The molecule has 1 unspecified atom stereocenters. The maximum atomic E-state index is 13.7. The van der Waals surface area contributed by atoms with Gasteiger partial charge in [-0.25, -0.2) is 8.42 Å².